The quantitative estimate of drug-likeness (QED) is 0.507. The summed E-state index contributed by atoms with van der Waals surface area (Å²) in [7, 11) is -7.12. The van der Waals surface area contributed by atoms with Crippen molar-refractivity contribution in [3.8, 4) is 0 Å². The molecule has 0 radical (unpaired) electrons. The van der Waals surface area contributed by atoms with E-state index in [0.29, 0.717) is 0 Å². The maximum Gasteiger partial charge on any atom is 0.242 e. The Bertz CT molecular complexity index is 628. The van der Waals surface area contributed by atoms with Crippen molar-refractivity contribution in [2.45, 2.75) is 18.6 Å². The Hall–Kier alpha value is -0.650. The maximum atomic E-state index is 11.8. The number of hydrogen-bond acceptors (Lipinski definition) is 7. The average molecular weight is 372 g/mol. The van der Waals surface area contributed by atoms with Gasteiger partial charge in [0.2, 0.25) is 21.8 Å². The minimum atomic E-state index is -3.75. The number of carbonyl (C=O) groups excluding carboxylic acids is 2. The fourth-order valence-corrected chi connectivity index (χ4v) is 5.20. The lowest BCUT2D eigenvalue weighted by Crippen LogP contribution is -2.40. The van der Waals surface area contributed by atoms with E-state index in [4.69, 9.17) is 0 Å². The van der Waals surface area contributed by atoms with Crippen LogP contribution in [0.3, 0.4) is 0 Å². The van der Waals surface area contributed by atoms with Crippen molar-refractivity contribution in [1.29, 1.82) is 0 Å². The number of hydrogen-bond donors (Lipinski definition) is 1. The van der Waals surface area contributed by atoms with E-state index in [0.717, 1.165) is 4.90 Å². The fraction of sp³-hybridized carbons (Fsp3) is 0.818. The molecular weight excluding hydrogens is 352 g/mol. The molecule has 11 heteroatoms. The lowest BCUT2D eigenvalue weighted by Gasteiger charge is -2.15. The van der Waals surface area contributed by atoms with Crippen molar-refractivity contribution in [3.63, 3.8) is 0 Å². The lowest BCUT2D eigenvalue weighted by molar-refractivity contribution is -0.138. The third kappa shape index (κ3) is 5.52. The van der Waals surface area contributed by atoms with Gasteiger partial charge in [-0.2, -0.15) is 11.8 Å². The first-order chi connectivity index (χ1) is 10.1. The van der Waals surface area contributed by atoms with Gasteiger partial charge in [0.25, 0.3) is 0 Å². The Morgan fingerprint density at radius 1 is 1.23 bits per heavy atom. The van der Waals surface area contributed by atoms with Crippen molar-refractivity contribution in [1.82, 2.24) is 9.62 Å². The van der Waals surface area contributed by atoms with E-state index in [1.54, 1.807) is 6.26 Å². The van der Waals surface area contributed by atoms with E-state index in [1.165, 1.54) is 18.7 Å². The van der Waals surface area contributed by atoms with Crippen molar-refractivity contribution < 1.29 is 26.4 Å². The normalized spacial score (nSPS) is 19.9. The lowest BCUT2D eigenvalue weighted by atomic mass is 10.4. The van der Waals surface area contributed by atoms with Crippen LogP contribution in [0.25, 0.3) is 0 Å². The highest BCUT2D eigenvalue weighted by molar-refractivity contribution is 8.00. The van der Waals surface area contributed by atoms with Crippen LogP contribution in [0.4, 0.5) is 0 Å². The van der Waals surface area contributed by atoms with Crippen molar-refractivity contribution in [2.24, 2.45) is 0 Å². The molecule has 1 aliphatic heterocycles. The molecule has 0 spiro atoms. The van der Waals surface area contributed by atoms with Gasteiger partial charge in [-0.05, 0) is 6.26 Å². The molecule has 0 bridgehead atoms. The summed E-state index contributed by atoms with van der Waals surface area (Å²) in [5.74, 6) is -1.73. The summed E-state index contributed by atoms with van der Waals surface area (Å²) in [6, 6.07) is 0. The van der Waals surface area contributed by atoms with E-state index in [2.05, 4.69) is 4.72 Å². The Labute approximate surface area is 135 Å². The summed E-state index contributed by atoms with van der Waals surface area (Å²) in [4.78, 5) is 24.5. The highest BCUT2D eigenvalue weighted by atomic mass is 32.2. The SMILES string of the molecule is CCS(=O)(=O)CCS(=O)(=O)NCCN1C(=O)CC(SC)C1=O. The third-order valence-electron chi connectivity index (χ3n) is 3.25. The molecule has 1 atom stereocenters. The number of nitrogens with one attached hydrogen (secondary N) is 1. The van der Waals surface area contributed by atoms with Gasteiger partial charge in [-0.25, -0.2) is 21.6 Å². The summed E-state index contributed by atoms with van der Waals surface area (Å²) in [6.45, 7) is 1.28. The summed E-state index contributed by atoms with van der Waals surface area (Å²) in [5.41, 5.74) is 0. The molecule has 1 saturated heterocycles. The van der Waals surface area contributed by atoms with E-state index in [9.17, 15) is 26.4 Å². The molecule has 22 heavy (non-hydrogen) atoms. The Kier molecular flexibility index (Phi) is 6.84. The fourth-order valence-electron chi connectivity index (χ4n) is 1.84. The number of carbonyl (C=O) groups is 2. The van der Waals surface area contributed by atoms with Crippen molar-refractivity contribution in [2.75, 3.05) is 36.6 Å². The topological polar surface area (TPSA) is 118 Å². The zero-order valence-electron chi connectivity index (χ0n) is 12.4. The molecule has 1 rings (SSSR count). The van der Waals surface area contributed by atoms with Gasteiger partial charge < -0.3 is 0 Å². The van der Waals surface area contributed by atoms with Crippen molar-refractivity contribution >= 4 is 43.4 Å². The summed E-state index contributed by atoms with van der Waals surface area (Å²) >= 11 is 1.28. The predicted molar refractivity (Wildman–Crippen MR) is 84.8 cm³/mol. The van der Waals surface area contributed by atoms with Gasteiger partial charge in [-0.3, -0.25) is 14.5 Å². The van der Waals surface area contributed by atoms with Gasteiger partial charge in [0.05, 0.1) is 16.8 Å². The highest BCUT2D eigenvalue weighted by Crippen LogP contribution is 2.22. The van der Waals surface area contributed by atoms with Crippen LogP contribution in [0.5, 0.6) is 0 Å². The van der Waals surface area contributed by atoms with Crippen LogP contribution in [-0.4, -0.2) is 75.4 Å². The molecule has 8 nitrogen and oxygen atoms in total. The van der Waals surface area contributed by atoms with Gasteiger partial charge in [-0.15, -0.1) is 0 Å². The predicted octanol–water partition coefficient (Wildman–Crippen LogP) is -1.17. The zero-order valence-corrected chi connectivity index (χ0v) is 14.9. The molecule has 128 valence electrons. The first-order valence-corrected chi connectivity index (χ1v) is 11.4. The molecule has 0 saturated carbocycles. The number of imide groups is 1. The Morgan fingerprint density at radius 2 is 1.86 bits per heavy atom. The van der Waals surface area contributed by atoms with Gasteiger partial charge >= 0.3 is 0 Å². The molecule has 1 unspecified atom stereocenters. The van der Waals surface area contributed by atoms with Crippen LogP contribution in [-0.2, 0) is 29.4 Å². The standard InChI is InChI=1S/C11H20N2O6S3/c1-3-21(16,17)6-7-22(18,19)12-4-5-13-10(14)8-9(20-2)11(13)15/h9,12H,3-8H2,1-2H3. The third-order valence-corrected chi connectivity index (χ3v) is 7.53. The molecule has 1 heterocycles. The smallest absolute Gasteiger partial charge is 0.242 e. The number of rotatable bonds is 9. The van der Waals surface area contributed by atoms with E-state index in [1.807, 2.05) is 0 Å². The van der Waals surface area contributed by atoms with Crippen LogP contribution in [0.1, 0.15) is 13.3 Å². The number of sulfonamides is 1. The van der Waals surface area contributed by atoms with E-state index >= 15 is 0 Å². The average Bonchev–Trinajstić information content (AvgIpc) is 2.72. The largest absolute Gasteiger partial charge is 0.280 e. The van der Waals surface area contributed by atoms with Crippen LogP contribution in [0, 0.1) is 0 Å². The number of sulfone groups is 1. The minimum absolute atomic E-state index is 0.0471. The second kappa shape index (κ2) is 7.75. The van der Waals surface area contributed by atoms with Gasteiger partial charge in [0.15, 0.2) is 9.84 Å². The van der Waals surface area contributed by atoms with Gasteiger partial charge in [0, 0.05) is 25.3 Å². The van der Waals surface area contributed by atoms with Crippen LogP contribution >= 0.6 is 11.8 Å². The molecule has 1 fully saturated rings. The number of amides is 2. The van der Waals surface area contributed by atoms with Crippen LogP contribution < -0.4 is 4.72 Å². The highest BCUT2D eigenvalue weighted by Gasteiger charge is 2.37. The van der Waals surface area contributed by atoms with E-state index < -0.39 is 36.6 Å². The van der Waals surface area contributed by atoms with Crippen LogP contribution in [0.2, 0.25) is 0 Å². The molecule has 1 aliphatic rings. The summed E-state index contributed by atoms with van der Waals surface area (Å²) < 4.78 is 48.2. The number of thioether (sulfide) groups is 1. The molecule has 0 aromatic heterocycles. The van der Waals surface area contributed by atoms with Gasteiger partial charge in [-0.1, -0.05) is 6.92 Å². The molecule has 1 N–H and O–H groups in total. The minimum Gasteiger partial charge on any atom is -0.280 e. The number of nitrogens with zero attached hydrogens (tertiary/aromatic N) is 1. The van der Waals surface area contributed by atoms with E-state index in [-0.39, 0.29) is 37.1 Å². The summed E-state index contributed by atoms with van der Waals surface area (Å²) in [5, 5.41) is -0.404. The van der Waals surface area contributed by atoms with Crippen LogP contribution in [0.15, 0.2) is 0 Å². The molecular formula is C11H20N2O6S3. The second-order valence-corrected chi connectivity index (χ2v) is 10.2. The molecule has 0 aliphatic carbocycles. The molecule has 2 amide bonds. The van der Waals surface area contributed by atoms with Crippen molar-refractivity contribution in [3.05, 3.63) is 0 Å². The monoisotopic (exact) mass is 372 g/mol. The Balaban J connectivity index is 2.46. The maximum absolute atomic E-state index is 11.8. The first kappa shape index (κ1) is 19.4. The second-order valence-electron chi connectivity index (χ2n) is 4.76. The molecule has 0 aromatic rings. The zero-order chi connectivity index (χ0) is 17.0. The van der Waals surface area contributed by atoms with Gasteiger partial charge in [0.1, 0.15) is 0 Å². The molecule has 0 aromatic carbocycles. The first-order valence-electron chi connectivity index (χ1n) is 6.66. The summed E-state index contributed by atoms with van der Waals surface area (Å²) in [6.07, 6.45) is 1.86. The Morgan fingerprint density at radius 3 is 2.36 bits per heavy atom. The number of likely N-dealkylation sites (tertiary alicyclic amines) is 1.